The Hall–Kier alpha value is -2.16. The molecule has 0 aliphatic carbocycles. The van der Waals surface area contributed by atoms with E-state index >= 15 is 0 Å². The minimum absolute atomic E-state index is 0. The Morgan fingerprint density at radius 1 is 1.13 bits per heavy atom. The van der Waals surface area contributed by atoms with Gasteiger partial charge in [-0.1, -0.05) is 24.3 Å². The van der Waals surface area contributed by atoms with Crippen LogP contribution in [0.5, 0.6) is 11.5 Å². The molecule has 6 nitrogen and oxygen atoms in total. The number of guanidine groups is 1. The molecule has 2 N–H and O–H groups in total. The first-order chi connectivity index (χ1) is 14.2. The van der Waals surface area contributed by atoms with Gasteiger partial charge in [0.25, 0.3) is 0 Å². The predicted octanol–water partition coefficient (Wildman–Crippen LogP) is 4.05. The molecule has 1 saturated heterocycles. The van der Waals surface area contributed by atoms with Gasteiger partial charge in [0.05, 0.1) is 20.3 Å². The van der Waals surface area contributed by atoms with E-state index in [-0.39, 0.29) is 24.0 Å². The van der Waals surface area contributed by atoms with E-state index in [0.717, 1.165) is 49.1 Å². The summed E-state index contributed by atoms with van der Waals surface area (Å²) >= 11 is 0. The van der Waals surface area contributed by atoms with Crippen molar-refractivity contribution in [3.05, 3.63) is 54.1 Å². The lowest BCUT2D eigenvalue weighted by Crippen LogP contribution is -2.44. The van der Waals surface area contributed by atoms with Crippen molar-refractivity contribution in [2.45, 2.75) is 32.9 Å². The van der Waals surface area contributed by atoms with Crippen molar-refractivity contribution in [1.82, 2.24) is 10.6 Å². The maximum atomic E-state index is 5.67. The van der Waals surface area contributed by atoms with Crippen LogP contribution in [0.2, 0.25) is 0 Å². The lowest BCUT2D eigenvalue weighted by Gasteiger charge is -2.20. The summed E-state index contributed by atoms with van der Waals surface area (Å²) in [5.74, 6) is 2.35. The summed E-state index contributed by atoms with van der Waals surface area (Å²) in [7, 11) is 1.66. The molecule has 30 heavy (non-hydrogen) atoms. The monoisotopic (exact) mass is 524 g/mol. The highest BCUT2D eigenvalue weighted by molar-refractivity contribution is 14.0. The van der Waals surface area contributed by atoms with Gasteiger partial charge in [-0.3, -0.25) is 0 Å². The lowest BCUT2D eigenvalue weighted by atomic mass is 10.2. The molecule has 1 heterocycles. The highest BCUT2D eigenvalue weighted by atomic mass is 127. The quantitative estimate of drug-likeness (QED) is 0.310. The predicted molar refractivity (Wildman–Crippen MR) is 135 cm³/mol. The normalized spacial score (nSPS) is 16.0. The zero-order chi connectivity index (χ0) is 20.5. The van der Waals surface area contributed by atoms with E-state index in [9.17, 15) is 0 Å². The molecule has 164 valence electrons. The summed E-state index contributed by atoms with van der Waals surface area (Å²) < 4.78 is 11.0. The summed E-state index contributed by atoms with van der Waals surface area (Å²) in [6.07, 6.45) is 1.09. The molecule has 0 spiro atoms. The van der Waals surface area contributed by atoms with Crippen LogP contribution in [0, 0.1) is 0 Å². The van der Waals surface area contributed by atoms with Crippen LogP contribution in [0.3, 0.4) is 0 Å². The van der Waals surface area contributed by atoms with E-state index in [1.165, 1.54) is 5.69 Å². The number of aliphatic imine (C=N–C) groups is 1. The third kappa shape index (κ3) is 6.68. The number of hydrogen-bond acceptors (Lipinski definition) is 4. The molecule has 0 amide bonds. The summed E-state index contributed by atoms with van der Waals surface area (Å²) in [6.45, 7) is 8.10. The Morgan fingerprint density at radius 2 is 1.93 bits per heavy atom. The molecule has 1 unspecified atom stereocenters. The molecule has 2 aromatic carbocycles. The van der Waals surface area contributed by atoms with Crippen LogP contribution in [-0.2, 0) is 6.54 Å². The zero-order valence-electron chi connectivity index (χ0n) is 18.1. The fraction of sp³-hybridized carbons (Fsp3) is 0.435. The molecule has 0 bridgehead atoms. The van der Waals surface area contributed by atoms with Crippen molar-refractivity contribution >= 4 is 35.6 Å². The van der Waals surface area contributed by atoms with Crippen molar-refractivity contribution in [2.75, 3.05) is 38.3 Å². The van der Waals surface area contributed by atoms with E-state index in [0.29, 0.717) is 19.2 Å². The summed E-state index contributed by atoms with van der Waals surface area (Å²) in [5, 5.41) is 6.95. The van der Waals surface area contributed by atoms with Gasteiger partial charge >= 0.3 is 0 Å². The Kier molecular flexibility index (Phi) is 10.1. The van der Waals surface area contributed by atoms with E-state index in [1.807, 2.05) is 25.1 Å². The number of hydrogen-bond donors (Lipinski definition) is 2. The Labute approximate surface area is 197 Å². The number of para-hydroxylation sites is 1. The Bertz CT molecular complexity index is 801. The van der Waals surface area contributed by atoms with E-state index in [1.54, 1.807) is 7.11 Å². The van der Waals surface area contributed by atoms with Crippen LogP contribution in [0.4, 0.5) is 5.69 Å². The van der Waals surface area contributed by atoms with Crippen molar-refractivity contribution < 1.29 is 9.47 Å². The molecule has 1 aliphatic heterocycles. The summed E-state index contributed by atoms with van der Waals surface area (Å²) in [4.78, 5) is 7.20. The first-order valence-corrected chi connectivity index (χ1v) is 10.4. The van der Waals surface area contributed by atoms with Gasteiger partial charge < -0.3 is 25.0 Å². The van der Waals surface area contributed by atoms with Gasteiger partial charge in [0.15, 0.2) is 17.5 Å². The van der Waals surface area contributed by atoms with Crippen LogP contribution in [-0.4, -0.2) is 45.4 Å². The van der Waals surface area contributed by atoms with Crippen molar-refractivity contribution in [3.8, 4) is 11.5 Å². The fourth-order valence-electron chi connectivity index (χ4n) is 3.52. The molecule has 2 aromatic rings. The van der Waals surface area contributed by atoms with E-state index in [4.69, 9.17) is 14.5 Å². The number of benzene rings is 2. The van der Waals surface area contributed by atoms with Gasteiger partial charge in [-0.05, 0) is 50.1 Å². The highest BCUT2D eigenvalue weighted by Crippen LogP contribution is 2.28. The second-order valence-electron chi connectivity index (χ2n) is 7.02. The molecule has 1 atom stereocenters. The smallest absolute Gasteiger partial charge is 0.191 e. The molecule has 1 fully saturated rings. The third-order valence-corrected chi connectivity index (χ3v) is 4.94. The number of halogens is 1. The largest absolute Gasteiger partial charge is 0.493 e. The van der Waals surface area contributed by atoms with Gasteiger partial charge in [-0.2, -0.15) is 0 Å². The molecular formula is C23H33IN4O2. The summed E-state index contributed by atoms with van der Waals surface area (Å²) in [6, 6.07) is 16.9. The van der Waals surface area contributed by atoms with Gasteiger partial charge in [-0.15, -0.1) is 24.0 Å². The second kappa shape index (κ2) is 12.5. The first-order valence-electron chi connectivity index (χ1n) is 10.4. The third-order valence-electron chi connectivity index (χ3n) is 4.94. The van der Waals surface area contributed by atoms with Gasteiger partial charge in [-0.25, -0.2) is 4.99 Å². The average molecular weight is 524 g/mol. The van der Waals surface area contributed by atoms with Crippen LogP contribution in [0.25, 0.3) is 0 Å². The standard InChI is InChI=1S/C23H32N4O2.HI/c1-4-24-23(25-16-18-11-12-21(28-3)22(15-18)29-5-2)26-19-13-14-27(17-19)20-9-7-6-8-10-20;/h6-12,15,19H,4-5,13-14,16-17H2,1-3H3,(H2,24,25,26);1H. The fourth-order valence-corrected chi connectivity index (χ4v) is 3.52. The van der Waals surface area contributed by atoms with Crippen molar-refractivity contribution in [1.29, 1.82) is 0 Å². The number of nitrogens with zero attached hydrogens (tertiary/aromatic N) is 2. The summed E-state index contributed by atoms with van der Waals surface area (Å²) in [5.41, 5.74) is 2.37. The minimum Gasteiger partial charge on any atom is -0.493 e. The van der Waals surface area contributed by atoms with Crippen molar-refractivity contribution in [2.24, 2.45) is 4.99 Å². The van der Waals surface area contributed by atoms with Crippen LogP contribution in [0.1, 0.15) is 25.8 Å². The molecule has 0 aromatic heterocycles. The van der Waals surface area contributed by atoms with Crippen molar-refractivity contribution in [3.63, 3.8) is 0 Å². The lowest BCUT2D eigenvalue weighted by molar-refractivity contribution is 0.310. The van der Waals surface area contributed by atoms with Gasteiger partial charge in [0.2, 0.25) is 0 Å². The SMILES string of the molecule is CCNC(=NCc1ccc(OC)c(OCC)c1)NC1CCN(c2ccccc2)C1.I. The molecular weight excluding hydrogens is 491 g/mol. The molecule has 0 saturated carbocycles. The van der Waals surface area contributed by atoms with Gasteiger partial charge in [0.1, 0.15) is 0 Å². The highest BCUT2D eigenvalue weighted by Gasteiger charge is 2.23. The molecule has 1 aliphatic rings. The van der Waals surface area contributed by atoms with Gasteiger partial charge in [0, 0.05) is 31.4 Å². The second-order valence-corrected chi connectivity index (χ2v) is 7.02. The average Bonchev–Trinajstić information content (AvgIpc) is 3.22. The zero-order valence-corrected chi connectivity index (χ0v) is 20.4. The number of rotatable bonds is 8. The minimum atomic E-state index is 0. The molecule has 0 radical (unpaired) electrons. The van der Waals surface area contributed by atoms with Crippen LogP contribution < -0.4 is 25.0 Å². The molecule has 3 rings (SSSR count). The topological polar surface area (TPSA) is 58.1 Å². The number of anilines is 1. The number of ether oxygens (including phenoxy) is 2. The van der Waals surface area contributed by atoms with Crippen LogP contribution >= 0.6 is 24.0 Å². The Morgan fingerprint density at radius 3 is 2.63 bits per heavy atom. The van der Waals surface area contributed by atoms with E-state index in [2.05, 4.69) is 52.8 Å². The Balaban J connectivity index is 0.00000320. The van der Waals surface area contributed by atoms with Crippen LogP contribution in [0.15, 0.2) is 53.5 Å². The number of nitrogens with one attached hydrogen (secondary N) is 2. The first kappa shape index (κ1) is 24.1. The maximum absolute atomic E-state index is 5.67. The maximum Gasteiger partial charge on any atom is 0.191 e. The van der Waals surface area contributed by atoms with E-state index < -0.39 is 0 Å². The number of methoxy groups -OCH3 is 1. The molecule has 7 heteroatoms.